The highest BCUT2D eigenvalue weighted by Gasteiger charge is 2.27. The van der Waals surface area contributed by atoms with Crippen molar-refractivity contribution in [3.8, 4) is 5.88 Å². The largest absolute Gasteiger partial charge is 0.471 e. The van der Waals surface area contributed by atoms with Crippen molar-refractivity contribution in [1.29, 1.82) is 0 Å². The summed E-state index contributed by atoms with van der Waals surface area (Å²) in [4.78, 5) is 22.2. The Balaban J connectivity index is 1.46. The van der Waals surface area contributed by atoms with Gasteiger partial charge in [-0.05, 0) is 12.0 Å². The fourth-order valence-corrected chi connectivity index (χ4v) is 2.62. The Morgan fingerprint density at radius 3 is 2.91 bits per heavy atom. The maximum atomic E-state index is 12.3. The zero-order valence-corrected chi connectivity index (χ0v) is 12.4. The normalized spacial score (nSPS) is 17.5. The molecule has 1 saturated heterocycles. The monoisotopic (exact) mass is 297 g/mol. The van der Waals surface area contributed by atoms with Crippen LogP contribution in [-0.2, 0) is 11.2 Å². The van der Waals surface area contributed by atoms with Crippen LogP contribution in [0.1, 0.15) is 18.4 Å². The Kier molecular flexibility index (Phi) is 4.63. The summed E-state index contributed by atoms with van der Waals surface area (Å²) in [6.45, 7) is 1.38. The van der Waals surface area contributed by atoms with E-state index in [1.54, 1.807) is 18.6 Å². The summed E-state index contributed by atoms with van der Waals surface area (Å²) in [5.74, 6) is 0.709. The van der Waals surface area contributed by atoms with Gasteiger partial charge in [-0.1, -0.05) is 30.3 Å². The minimum absolute atomic E-state index is 0.0115. The van der Waals surface area contributed by atoms with Gasteiger partial charge >= 0.3 is 0 Å². The molecule has 1 aromatic carbocycles. The van der Waals surface area contributed by atoms with Crippen LogP contribution in [0.5, 0.6) is 5.88 Å². The molecule has 1 aromatic heterocycles. The van der Waals surface area contributed by atoms with E-state index in [2.05, 4.69) is 22.1 Å². The summed E-state index contributed by atoms with van der Waals surface area (Å²) >= 11 is 0. The predicted octanol–water partition coefficient (Wildman–Crippen LogP) is 2.09. The summed E-state index contributed by atoms with van der Waals surface area (Å²) in [6, 6.07) is 10.1. The van der Waals surface area contributed by atoms with Crippen LogP contribution in [0.25, 0.3) is 0 Å². The van der Waals surface area contributed by atoms with Crippen LogP contribution in [-0.4, -0.2) is 40.0 Å². The summed E-state index contributed by atoms with van der Waals surface area (Å²) in [6.07, 6.45) is 6.99. The maximum absolute atomic E-state index is 12.3. The molecule has 5 nitrogen and oxygen atoms in total. The van der Waals surface area contributed by atoms with E-state index in [1.165, 1.54) is 5.56 Å². The molecule has 0 spiro atoms. The Labute approximate surface area is 130 Å². The molecule has 0 bridgehead atoms. The van der Waals surface area contributed by atoms with E-state index in [0.29, 0.717) is 18.8 Å². The summed E-state index contributed by atoms with van der Waals surface area (Å²) in [5.41, 5.74) is 1.20. The fraction of sp³-hybridized carbons (Fsp3) is 0.353. The van der Waals surface area contributed by atoms with Gasteiger partial charge in [0.05, 0.1) is 12.7 Å². The Morgan fingerprint density at radius 2 is 2.14 bits per heavy atom. The first-order chi connectivity index (χ1) is 10.8. The first-order valence-corrected chi connectivity index (χ1v) is 7.55. The highest BCUT2D eigenvalue weighted by Crippen LogP contribution is 2.17. The molecular formula is C17H19N3O2. The van der Waals surface area contributed by atoms with Crippen LogP contribution in [0.2, 0.25) is 0 Å². The smallest absolute Gasteiger partial charge is 0.232 e. The molecule has 1 amide bonds. The molecule has 1 aliphatic heterocycles. The molecular weight excluding hydrogens is 278 g/mol. The Hall–Kier alpha value is -2.43. The number of carbonyl (C=O) groups is 1. The van der Waals surface area contributed by atoms with Crippen molar-refractivity contribution in [2.75, 3.05) is 13.1 Å². The molecule has 0 aliphatic carbocycles. The number of benzene rings is 1. The molecule has 0 unspecified atom stereocenters. The predicted molar refractivity (Wildman–Crippen MR) is 82.4 cm³/mol. The molecule has 2 aromatic rings. The summed E-state index contributed by atoms with van der Waals surface area (Å²) in [7, 11) is 0. The fourth-order valence-electron chi connectivity index (χ4n) is 2.62. The Bertz CT molecular complexity index is 604. The number of amides is 1. The summed E-state index contributed by atoms with van der Waals surface area (Å²) in [5, 5.41) is 0. The van der Waals surface area contributed by atoms with Gasteiger partial charge in [0.15, 0.2) is 0 Å². The molecule has 1 atom stereocenters. The van der Waals surface area contributed by atoms with E-state index in [9.17, 15) is 4.79 Å². The molecule has 0 radical (unpaired) electrons. The van der Waals surface area contributed by atoms with Crippen LogP contribution in [0.3, 0.4) is 0 Å². The van der Waals surface area contributed by atoms with Crippen molar-refractivity contribution >= 4 is 5.91 Å². The first kappa shape index (κ1) is 14.5. The highest BCUT2D eigenvalue weighted by atomic mass is 16.5. The Morgan fingerprint density at radius 1 is 1.27 bits per heavy atom. The van der Waals surface area contributed by atoms with E-state index < -0.39 is 0 Å². The molecule has 114 valence electrons. The topological polar surface area (TPSA) is 55.3 Å². The summed E-state index contributed by atoms with van der Waals surface area (Å²) < 4.78 is 5.75. The van der Waals surface area contributed by atoms with E-state index in [4.69, 9.17) is 4.74 Å². The standard InChI is InChI=1S/C17H19N3O2/c21-17(7-6-14-4-2-1-3-5-14)20-11-8-15(13-20)22-16-12-18-9-10-19-16/h1-5,9-10,12,15H,6-8,11,13H2/t15-/m1/s1. The molecule has 0 N–H and O–H groups in total. The van der Waals surface area contributed by atoms with Crippen LogP contribution in [0.4, 0.5) is 0 Å². The third-order valence-corrected chi connectivity index (χ3v) is 3.79. The van der Waals surface area contributed by atoms with Gasteiger partial charge in [-0.3, -0.25) is 9.78 Å². The van der Waals surface area contributed by atoms with Crippen LogP contribution in [0, 0.1) is 0 Å². The van der Waals surface area contributed by atoms with Gasteiger partial charge in [0.25, 0.3) is 0 Å². The SMILES string of the molecule is O=C(CCc1ccccc1)N1CC[C@@H](Oc2cnccn2)C1. The van der Waals surface area contributed by atoms with E-state index in [0.717, 1.165) is 19.4 Å². The zero-order chi connectivity index (χ0) is 15.2. The van der Waals surface area contributed by atoms with Gasteiger partial charge < -0.3 is 9.64 Å². The molecule has 1 fully saturated rings. The number of carbonyl (C=O) groups excluding carboxylic acids is 1. The van der Waals surface area contributed by atoms with Gasteiger partial charge in [0, 0.05) is 31.8 Å². The van der Waals surface area contributed by atoms with Gasteiger partial charge in [-0.15, -0.1) is 0 Å². The van der Waals surface area contributed by atoms with Crippen molar-refractivity contribution in [1.82, 2.24) is 14.9 Å². The van der Waals surface area contributed by atoms with Crippen molar-refractivity contribution in [2.45, 2.75) is 25.4 Å². The number of aryl methyl sites for hydroxylation is 1. The third-order valence-electron chi connectivity index (χ3n) is 3.79. The second-order valence-corrected chi connectivity index (χ2v) is 5.40. The second-order valence-electron chi connectivity index (χ2n) is 5.40. The molecule has 0 saturated carbocycles. The third kappa shape index (κ3) is 3.81. The minimum atomic E-state index is 0.0115. The quantitative estimate of drug-likeness (QED) is 0.848. The van der Waals surface area contributed by atoms with Gasteiger partial charge in [0.2, 0.25) is 11.8 Å². The molecule has 5 heteroatoms. The number of rotatable bonds is 5. The van der Waals surface area contributed by atoms with Crippen molar-refractivity contribution < 1.29 is 9.53 Å². The van der Waals surface area contributed by atoms with Gasteiger partial charge in [-0.2, -0.15) is 0 Å². The zero-order valence-electron chi connectivity index (χ0n) is 12.4. The lowest BCUT2D eigenvalue weighted by molar-refractivity contribution is -0.130. The van der Waals surface area contributed by atoms with Crippen LogP contribution >= 0.6 is 0 Å². The van der Waals surface area contributed by atoms with Gasteiger partial charge in [-0.25, -0.2) is 4.98 Å². The number of nitrogens with zero attached hydrogens (tertiary/aromatic N) is 3. The van der Waals surface area contributed by atoms with E-state index in [1.807, 2.05) is 23.1 Å². The maximum Gasteiger partial charge on any atom is 0.232 e. The second kappa shape index (κ2) is 7.02. The number of ether oxygens (including phenoxy) is 1. The van der Waals surface area contributed by atoms with Crippen LogP contribution in [0.15, 0.2) is 48.9 Å². The molecule has 2 heterocycles. The minimum Gasteiger partial charge on any atom is -0.471 e. The van der Waals surface area contributed by atoms with Crippen LogP contribution < -0.4 is 4.74 Å². The molecule has 1 aliphatic rings. The van der Waals surface area contributed by atoms with E-state index >= 15 is 0 Å². The number of hydrogen-bond acceptors (Lipinski definition) is 4. The molecule has 22 heavy (non-hydrogen) atoms. The van der Waals surface area contributed by atoms with Crippen molar-refractivity contribution in [3.63, 3.8) is 0 Å². The average Bonchev–Trinajstić information content (AvgIpc) is 3.03. The average molecular weight is 297 g/mol. The highest BCUT2D eigenvalue weighted by molar-refractivity contribution is 5.76. The molecule has 3 rings (SSSR count). The van der Waals surface area contributed by atoms with Gasteiger partial charge in [0.1, 0.15) is 6.10 Å². The number of likely N-dealkylation sites (tertiary alicyclic amines) is 1. The van der Waals surface area contributed by atoms with E-state index in [-0.39, 0.29) is 12.0 Å². The van der Waals surface area contributed by atoms with Crippen molar-refractivity contribution in [3.05, 3.63) is 54.5 Å². The lowest BCUT2D eigenvalue weighted by atomic mass is 10.1. The lowest BCUT2D eigenvalue weighted by Gasteiger charge is -2.16. The van der Waals surface area contributed by atoms with Crippen molar-refractivity contribution in [2.24, 2.45) is 0 Å². The lowest BCUT2D eigenvalue weighted by Crippen LogP contribution is -2.31. The number of hydrogen-bond donors (Lipinski definition) is 0. The first-order valence-electron chi connectivity index (χ1n) is 7.55. The number of aromatic nitrogens is 2.